The van der Waals surface area contributed by atoms with Gasteiger partial charge in [-0.05, 0) is 24.3 Å². The molecule has 0 aliphatic rings. The second kappa shape index (κ2) is 5.67. The van der Waals surface area contributed by atoms with E-state index in [-0.39, 0.29) is 11.6 Å². The van der Waals surface area contributed by atoms with E-state index >= 15 is 0 Å². The van der Waals surface area contributed by atoms with Gasteiger partial charge in [0.15, 0.2) is 11.6 Å². The van der Waals surface area contributed by atoms with Gasteiger partial charge >= 0.3 is 0 Å². The minimum Gasteiger partial charge on any atom is -0.457 e. The highest BCUT2D eigenvalue weighted by Gasteiger charge is 2.08. The summed E-state index contributed by atoms with van der Waals surface area (Å²) < 4.78 is 32.2. The third-order valence-electron chi connectivity index (χ3n) is 2.29. The molecule has 5 heteroatoms. The molecule has 0 radical (unpaired) electrons. The van der Waals surface area contributed by atoms with Crippen LogP contribution < -0.4 is 4.74 Å². The molecule has 0 aromatic heterocycles. The second-order valence-electron chi connectivity index (χ2n) is 3.56. The summed E-state index contributed by atoms with van der Waals surface area (Å²) in [4.78, 5) is 0. The molecule has 0 aliphatic carbocycles. The van der Waals surface area contributed by atoms with Crippen molar-refractivity contribution in [2.24, 2.45) is 0 Å². The molecule has 1 nitrogen and oxygen atoms in total. The monoisotopic (exact) mass is 332 g/mol. The van der Waals surface area contributed by atoms with E-state index in [2.05, 4.69) is 15.9 Å². The lowest BCUT2D eigenvalue weighted by molar-refractivity contribution is 0.458. The third kappa shape index (κ3) is 3.00. The summed E-state index contributed by atoms with van der Waals surface area (Å²) in [5.74, 6) is -0.862. The Morgan fingerprint density at radius 2 is 1.83 bits per heavy atom. The Bertz CT molecular complexity index is 575. The topological polar surface area (TPSA) is 9.23 Å². The van der Waals surface area contributed by atoms with E-state index < -0.39 is 11.6 Å². The van der Waals surface area contributed by atoms with Crippen LogP contribution in [-0.2, 0) is 5.88 Å². The average Bonchev–Trinajstić information content (AvgIpc) is 2.34. The lowest BCUT2D eigenvalue weighted by atomic mass is 10.2. The highest BCUT2D eigenvalue weighted by molar-refractivity contribution is 9.10. The molecule has 0 bridgehead atoms. The van der Waals surface area contributed by atoms with Gasteiger partial charge < -0.3 is 4.74 Å². The Morgan fingerprint density at radius 1 is 1.06 bits per heavy atom. The van der Waals surface area contributed by atoms with Gasteiger partial charge in [-0.3, -0.25) is 0 Å². The fraction of sp³-hybridized carbons (Fsp3) is 0.0769. The number of rotatable bonds is 3. The zero-order valence-electron chi connectivity index (χ0n) is 9.09. The molecule has 0 spiro atoms. The summed E-state index contributed by atoms with van der Waals surface area (Å²) in [5, 5.41) is 0. The van der Waals surface area contributed by atoms with Gasteiger partial charge in [-0.2, -0.15) is 0 Å². The lowest BCUT2D eigenvalue weighted by Gasteiger charge is -2.10. The fourth-order valence-corrected chi connectivity index (χ4v) is 1.96. The van der Waals surface area contributed by atoms with Crippen molar-refractivity contribution in [3.8, 4) is 11.5 Å². The molecule has 0 amide bonds. The van der Waals surface area contributed by atoms with Crippen molar-refractivity contribution in [2.75, 3.05) is 0 Å². The van der Waals surface area contributed by atoms with Crippen molar-refractivity contribution in [1.82, 2.24) is 0 Å². The molecular formula is C13H8BrClF2O. The van der Waals surface area contributed by atoms with Crippen LogP contribution in [0.15, 0.2) is 40.9 Å². The van der Waals surface area contributed by atoms with Gasteiger partial charge in [-0.25, -0.2) is 8.78 Å². The number of hydrogen-bond donors (Lipinski definition) is 0. The smallest absolute Gasteiger partial charge is 0.162 e. The summed E-state index contributed by atoms with van der Waals surface area (Å²) in [5.41, 5.74) is 0.768. The van der Waals surface area contributed by atoms with Gasteiger partial charge in [0.1, 0.15) is 11.5 Å². The molecule has 0 aliphatic heterocycles. The summed E-state index contributed by atoms with van der Waals surface area (Å²) in [6.45, 7) is 0. The zero-order chi connectivity index (χ0) is 13.1. The molecule has 0 N–H and O–H groups in total. The summed E-state index contributed by atoms with van der Waals surface area (Å²) in [7, 11) is 0. The molecule has 2 aromatic carbocycles. The minimum absolute atomic E-state index is 0.221. The van der Waals surface area contributed by atoms with Crippen molar-refractivity contribution in [1.29, 1.82) is 0 Å². The van der Waals surface area contributed by atoms with Gasteiger partial charge in [0, 0.05) is 16.1 Å². The third-order valence-corrected chi connectivity index (χ3v) is 3.07. The fourth-order valence-electron chi connectivity index (χ4n) is 1.40. The number of benzene rings is 2. The Kier molecular flexibility index (Phi) is 4.19. The van der Waals surface area contributed by atoms with E-state index in [4.69, 9.17) is 16.3 Å². The number of halogens is 4. The first-order chi connectivity index (χ1) is 8.60. The highest BCUT2D eigenvalue weighted by atomic mass is 79.9. The maximum Gasteiger partial charge on any atom is 0.162 e. The van der Waals surface area contributed by atoms with Gasteiger partial charge in [-0.15, -0.1) is 11.6 Å². The van der Waals surface area contributed by atoms with E-state index in [0.717, 1.165) is 22.2 Å². The molecule has 0 fully saturated rings. The van der Waals surface area contributed by atoms with Crippen LogP contribution in [0, 0.1) is 11.6 Å². The van der Waals surface area contributed by atoms with E-state index in [1.165, 1.54) is 6.07 Å². The first kappa shape index (κ1) is 13.3. The number of ether oxygens (including phenoxy) is 1. The van der Waals surface area contributed by atoms with Crippen molar-refractivity contribution in [3.05, 3.63) is 58.1 Å². The molecule has 2 aromatic rings. The summed E-state index contributed by atoms with van der Waals surface area (Å²) in [6.07, 6.45) is 0. The molecule has 18 heavy (non-hydrogen) atoms. The molecule has 94 valence electrons. The molecule has 0 atom stereocenters. The van der Waals surface area contributed by atoms with Crippen LogP contribution in [0.25, 0.3) is 0 Å². The molecule has 2 rings (SSSR count). The Labute approximate surface area is 116 Å². The minimum atomic E-state index is -0.949. The van der Waals surface area contributed by atoms with Crippen molar-refractivity contribution >= 4 is 27.5 Å². The quantitative estimate of drug-likeness (QED) is 0.696. The Morgan fingerprint density at radius 3 is 2.50 bits per heavy atom. The molecular weight excluding hydrogens is 325 g/mol. The van der Waals surface area contributed by atoms with E-state index in [9.17, 15) is 8.78 Å². The van der Waals surface area contributed by atoms with Crippen molar-refractivity contribution < 1.29 is 13.5 Å². The molecule has 0 unspecified atom stereocenters. The number of alkyl halides is 1. The van der Waals surface area contributed by atoms with Crippen LogP contribution >= 0.6 is 27.5 Å². The van der Waals surface area contributed by atoms with Crippen LogP contribution in [0.4, 0.5) is 8.78 Å². The maximum absolute atomic E-state index is 13.1. The van der Waals surface area contributed by atoms with Crippen LogP contribution in [0.3, 0.4) is 0 Å². The Balaban J connectivity index is 2.33. The van der Waals surface area contributed by atoms with Crippen LogP contribution in [0.5, 0.6) is 11.5 Å². The first-order valence-electron chi connectivity index (χ1n) is 5.07. The van der Waals surface area contributed by atoms with Crippen LogP contribution in [0.2, 0.25) is 0 Å². The zero-order valence-corrected chi connectivity index (χ0v) is 11.4. The average molecular weight is 334 g/mol. The SMILES string of the molecule is Fc1ccc(Oc2cc(Br)ccc2CCl)cc1F. The number of hydrogen-bond acceptors (Lipinski definition) is 1. The second-order valence-corrected chi connectivity index (χ2v) is 4.75. The molecule has 0 saturated carbocycles. The van der Waals surface area contributed by atoms with Crippen molar-refractivity contribution in [3.63, 3.8) is 0 Å². The normalized spacial score (nSPS) is 10.4. The van der Waals surface area contributed by atoms with Gasteiger partial charge in [0.25, 0.3) is 0 Å². The Hall–Kier alpha value is -1.13. The van der Waals surface area contributed by atoms with E-state index in [0.29, 0.717) is 5.75 Å². The largest absolute Gasteiger partial charge is 0.457 e. The van der Waals surface area contributed by atoms with Gasteiger partial charge in [-0.1, -0.05) is 22.0 Å². The van der Waals surface area contributed by atoms with Gasteiger partial charge in [0.05, 0.1) is 5.88 Å². The molecule has 0 heterocycles. The highest BCUT2D eigenvalue weighted by Crippen LogP contribution is 2.30. The van der Waals surface area contributed by atoms with E-state index in [1.807, 2.05) is 6.07 Å². The van der Waals surface area contributed by atoms with E-state index in [1.54, 1.807) is 12.1 Å². The molecule has 0 saturated heterocycles. The standard InChI is InChI=1S/C13H8BrClF2O/c14-9-2-1-8(7-15)13(5-9)18-10-3-4-11(16)12(17)6-10/h1-6H,7H2. The summed E-state index contributed by atoms with van der Waals surface area (Å²) >= 11 is 9.09. The van der Waals surface area contributed by atoms with Crippen molar-refractivity contribution in [2.45, 2.75) is 5.88 Å². The predicted octanol–water partition coefficient (Wildman–Crippen LogP) is 5.26. The predicted molar refractivity (Wildman–Crippen MR) is 70.1 cm³/mol. The summed E-state index contributed by atoms with van der Waals surface area (Å²) in [6, 6.07) is 8.72. The van der Waals surface area contributed by atoms with Crippen LogP contribution in [-0.4, -0.2) is 0 Å². The first-order valence-corrected chi connectivity index (χ1v) is 6.40. The van der Waals surface area contributed by atoms with Crippen LogP contribution in [0.1, 0.15) is 5.56 Å². The lowest BCUT2D eigenvalue weighted by Crippen LogP contribution is -1.91. The van der Waals surface area contributed by atoms with Gasteiger partial charge in [0.2, 0.25) is 0 Å². The maximum atomic E-state index is 13.1.